The highest BCUT2D eigenvalue weighted by Crippen LogP contribution is 2.24. The third-order valence-electron chi connectivity index (χ3n) is 2.76. The van der Waals surface area contributed by atoms with Crippen LogP contribution in [0.3, 0.4) is 0 Å². The maximum absolute atomic E-state index is 9.12. The molecule has 0 saturated carbocycles. The average molecular weight is 241 g/mol. The Hall–Kier alpha value is -2.12. The van der Waals surface area contributed by atoms with Gasteiger partial charge in [-0.15, -0.1) is 0 Å². The fraction of sp³-hybridized carbons (Fsp3) is 0.286. The van der Waals surface area contributed by atoms with E-state index in [-0.39, 0.29) is 0 Å². The number of nitriles is 1. The van der Waals surface area contributed by atoms with Crippen LogP contribution in [0.25, 0.3) is 11.1 Å². The van der Waals surface area contributed by atoms with Crippen molar-refractivity contribution in [2.24, 2.45) is 0 Å². The topological polar surface area (TPSA) is 50.8 Å². The van der Waals surface area contributed by atoms with E-state index in [0.29, 0.717) is 18.7 Å². The van der Waals surface area contributed by atoms with E-state index in [1.165, 1.54) is 0 Å². The number of hydrogen-bond donors (Lipinski definition) is 0. The summed E-state index contributed by atoms with van der Waals surface area (Å²) in [5.74, 6) is 0. The summed E-state index contributed by atoms with van der Waals surface area (Å²) in [5.41, 5.74) is 3.70. The number of benzene rings is 1. The van der Waals surface area contributed by atoms with Crippen molar-refractivity contribution in [1.29, 1.82) is 5.26 Å². The maximum atomic E-state index is 9.12. The van der Waals surface area contributed by atoms with E-state index in [0.717, 1.165) is 16.7 Å². The van der Waals surface area contributed by atoms with Crippen LogP contribution in [0, 0.1) is 18.3 Å². The van der Waals surface area contributed by atoms with Crippen LogP contribution in [-0.4, -0.2) is 23.5 Å². The molecule has 0 aliphatic heterocycles. The molecule has 1 aromatic carbocycles. The SMILES string of the molecule is COCCn1cc(-c2cc(C)ccc2C#N)cn1. The summed E-state index contributed by atoms with van der Waals surface area (Å²) >= 11 is 0. The van der Waals surface area contributed by atoms with Crippen LogP contribution in [0.5, 0.6) is 0 Å². The summed E-state index contributed by atoms with van der Waals surface area (Å²) in [6, 6.07) is 8.01. The highest BCUT2D eigenvalue weighted by molar-refractivity contribution is 5.70. The molecule has 1 heterocycles. The summed E-state index contributed by atoms with van der Waals surface area (Å²) < 4.78 is 6.83. The quantitative estimate of drug-likeness (QED) is 0.825. The van der Waals surface area contributed by atoms with Crippen LogP contribution < -0.4 is 0 Å². The minimum absolute atomic E-state index is 0.625. The third kappa shape index (κ3) is 2.58. The molecule has 0 atom stereocenters. The first-order chi connectivity index (χ1) is 8.74. The van der Waals surface area contributed by atoms with Gasteiger partial charge < -0.3 is 4.74 Å². The second-order valence-corrected chi connectivity index (χ2v) is 4.15. The molecule has 0 bridgehead atoms. The molecule has 0 N–H and O–H groups in total. The van der Waals surface area contributed by atoms with Gasteiger partial charge in [0.1, 0.15) is 0 Å². The molecule has 2 rings (SSSR count). The largest absolute Gasteiger partial charge is 0.383 e. The lowest BCUT2D eigenvalue weighted by Crippen LogP contribution is -2.03. The Morgan fingerprint density at radius 3 is 3.00 bits per heavy atom. The van der Waals surface area contributed by atoms with Crippen molar-refractivity contribution >= 4 is 0 Å². The Balaban J connectivity index is 2.34. The second kappa shape index (κ2) is 5.48. The van der Waals surface area contributed by atoms with Crippen molar-refractivity contribution in [3.05, 3.63) is 41.7 Å². The first-order valence-electron chi connectivity index (χ1n) is 5.77. The Bertz CT molecular complexity index is 581. The molecule has 4 nitrogen and oxygen atoms in total. The van der Waals surface area contributed by atoms with Crippen molar-refractivity contribution in [3.8, 4) is 17.2 Å². The van der Waals surface area contributed by atoms with Crippen molar-refractivity contribution in [2.75, 3.05) is 13.7 Å². The predicted octanol–water partition coefficient (Wildman–Crippen LogP) is 2.38. The zero-order valence-electron chi connectivity index (χ0n) is 10.6. The van der Waals surface area contributed by atoms with Crippen LogP contribution >= 0.6 is 0 Å². The highest BCUT2D eigenvalue weighted by atomic mass is 16.5. The van der Waals surface area contributed by atoms with Crippen LogP contribution in [0.15, 0.2) is 30.6 Å². The van der Waals surface area contributed by atoms with Gasteiger partial charge in [0.15, 0.2) is 0 Å². The number of hydrogen-bond acceptors (Lipinski definition) is 3. The van der Waals surface area contributed by atoms with Crippen LogP contribution in [0.1, 0.15) is 11.1 Å². The van der Waals surface area contributed by atoms with E-state index in [1.54, 1.807) is 13.3 Å². The number of ether oxygens (including phenoxy) is 1. The molecule has 18 heavy (non-hydrogen) atoms. The normalized spacial score (nSPS) is 10.3. The lowest BCUT2D eigenvalue weighted by molar-refractivity contribution is 0.183. The summed E-state index contributed by atoms with van der Waals surface area (Å²) in [5, 5.41) is 13.4. The molecule has 0 unspecified atom stereocenters. The van der Waals surface area contributed by atoms with Crippen LogP contribution in [-0.2, 0) is 11.3 Å². The zero-order chi connectivity index (χ0) is 13.0. The fourth-order valence-electron chi connectivity index (χ4n) is 1.80. The molecule has 2 aromatic rings. The minimum atomic E-state index is 0.625. The monoisotopic (exact) mass is 241 g/mol. The van der Waals surface area contributed by atoms with E-state index in [4.69, 9.17) is 10.00 Å². The van der Waals surface area contributed by atoms with Crippen molar-refractivity contribution in [1.82, 2.24) is 9.78 Å². The summed E-state index contributed by atoms with van der Waals surface area (Å²) in [6.45, 7) is 3.35. The van der Waals surface area contributed by atoms with Gasteiger partial charge >= 0.3 is 0 Å². The lowest BCUT2D eigenvalue weighted by Gasteiger charge is -2.02. The molecule has 0 aliphatic carbocycles. The highest BCUT2D eigenvalue weighted by Gasteiger charge is 2.07. The molecule has 0 radical (unpaired) electrons. The summed E-state index contributed by atoms with van der Waals surface area (Å²) in [4.78, 5) is 0. The van der Waals surface area contributed by atoms with Gasteiger partial charge in [0.25, 0.3) is 0 Å². The number of aryl methyl sites for hydroxylation is 1. The summed E-state index contributed by atoms with van der Waals surface area (Å²) in [6.07, 6.45) is 3.72. The van der Waals surface area contributed by atoms with E-state index >= 15 is 0 Å². The van der Waals surface area contributed by atoms with Gasteiger partial charge in [0.05, 0.1) is 31.0 Å². The predicted molar refractivity (Wildman–Crippen MR) is 69.0 cm³/mol. The van der Waals surface area contributed by atoms with Crippen LogP contribution in [0.2, 0.25) is 0 Å². The van der Waals surface area contributed by atoms with E-state index in [9.17, 15) is 0 Å². The van der Waals surface area contributed by atoms with Crippen molar-refractivity contribution < 1.29 is 4.74 Å². The Kier molecular flexibility index (Phi) is 3.75. The second-order valence-electron chi connectivity index (χ2n) is 4.15. The third-order valence-corrected chi connectivity index (χ3v) is 2.76. The van der Waals surface area contributed by atoms with Gasteiger partial charge in [-0.25, -0.2) is 0 Å². The van der Waals surface area contributed by atoms with Crippen molar-refractivity contribution in [3.63, 3.8) is 0 Å². The molecular weight excluding hydrogens is 226 g/mol. The standard InChI is InChI=1S/C14H15N3O/c1-11-3-4-12(8-15)14(7-11)13-9-16-17(10-13)5-6-18-2/h3-4,7,9-10H,5-6H2,1-2H3. The molecule has 0 spiro atoms. The molecular formula is C14H15N3O. The van der Waals surface area contributed by atoms with Gasteiger partial charge in [-0.2, -0.15) is 10.4 Å². The van der Waals surface area contributed by atoms with Gasteiger partial charge in [-0.3, -0.25) is 4.68 Å². The van der Waals surface area contributed by atoms with Crippen molar-refractivity contribution in [2.45, 2.75) is 13.5 Å². The van der Waals surface area contributed by atoms with Crippen LogP contribution in [0.4, 0.5) is 0 Å². The Morgan fingerprint density at radius 2 is 2.28 bits per heavy atom. The van der Waals surface area contributed by atoms with E-state index in [1.807, 2.05) is 36.0 Å². The molecule has 0 saturated heterocycles. The smallest absolute Gasteiger partial charge is 0.0998 e. The first kappa shape index (κ1) is 12.3. The lowest BCUT2D eigenvalue weighted by atomic mass is 10.0. The number of rotatable bonds is 4. The van der Waals surface area contributed by atoms with Gasteiger partial charge in [-0.05, 0) is 19.1 Å². The van der Waals surface area contributed by atoms with Gasteiger partial charge in [0, 0.05) is 24.4 Å². The molecule has 0 aliphatic rings. The Labute approximate surface area is 106 Å². The number of aromatic nitrogens is 2. The molecule has 92 valence electrons. The fourth-order valence-corrected chi connectivity index (χ4v) is 1.80. The molecule has 0 fully saturated rings. The number of methoxy groups -OCH3 is 1. The number of nitrogens with zero attached hydrogens (tertiary/aromatic N) is 3. The van der Waals surface area contributed by atoms with Gasteiger partial charge in [0.2, 0.25) is 0 Å². The first-order valence-corrected chi connectivity index (χ1v) is 5.77. The van der Waals surface area contributed by atoms with Gasteiger partial charge in [-0.1, -0.05) is 11.6 Å². The minimum Gasteiger partial charge on any atom is -0.383 e. The van der Waals surface area contributed by atoms with E-state index in [2.05, 4.69) is 11.2 Å². The average Bonchev–Trinajstić information content (AvgIpc) is 2.85. The Morgan fingerprint density at radius 1 is 1.44 bits per heavy atom. The van der Waals surface area contributed by atoms with E-state index < -0.39 is 0 Å². The molecule has 1 aromatic heterocycles. The summed E-state index contributed by atoms with van der Waals surface area (Å²) in [7, 11) is 1.67. The zero-order valence-corrected chi connectivity index (χ0v) is 10.6. The maximum Gasteiger partial charge on any atom is 0.0998 e. The molecule has 0 amide bonds. The molecule has 4 heteroatoms.